The van der Waals surface area contributed by atoms with Crippen molar-refractivity contribution in [2.75, 3.05) is 18.6 Å². The highest BCUT2D eigenvalue weighted by atomic mass is 19.1. The molecule has 0 saturated carbocycles. The quantitative estimate of drug-likeness (QED) is 0.414. The van der Waals surface area contributed by atoms with Crippen LogP contribution in [0.25, 0.3) is 11.1 Å². The Labute approximate surface area is 197 Å². The third-order valence-corrected chi connectivity index (χ3v) is 4.92. The first-order valence-electron chi connectivity index (χ1n) is 10.8. The fourth-order valence-corrected chi connectivity index (χ4v) is 3.54. The molecule has 178 valence electrons. The summed E-state index contributed by atoms with van der Waals surface area (Å²) in [5.74, 6) is -3.71. The van der Waals surface area contributed by atoms with Crippen molar-refractivity contribution in [2.24, 2.45) is 0 Å². The van der Waals surface area contributed by atoms with Crippen LogP contribution in [-0.2, 0) is 20.9 Å². The summed E-state index contributed by atoms with van der Waals surface area (Å²) >= 11 is 0. The second-order valence-corrected chi connectivity index (χ2v) is 8.71. The van der Waals surface area contributed by atoms with Gasteiger partial charge in [0.1, 0.15) is 29.3 Å². The Morgan fingerprint density at radius 1 is 0.912 bits per heavy atom. The van der Waals surface area contributed by atoms with Crippen LogP contribution in [0.4, 0.5) is 14.5 Å². The Hall–Kier alpha value is -3.58. The fourth-order valence-electron chi connectivity index (χ4n) is 3.54. The summed E-state index contributed by atoms with van der Waals surface area (Å²) in [5.41, 5.74) is 1.30. The second kappa shape index (κ2) is 10.6. The van der Waals surface area contributed by atoms with Crippen molar-refractivity contribution in [3.05, 3.63) is 89.5 Å². The lowest BCUT2D eigenvalue weighted by atomic mass is 9.99. The van der Waals surface area contributed by atoms with E-state index in [0.29, 0.717) is 12.3 Å². The summed E-state index contributed by atoms with van der Waals surface area (Å²) in [6.07, 6.45) is 0. The molecule has 0 saturated heterocycles. The van der Waals surface area contributed by atoms with Gasteiger partial charge >= 0.3 is 5.97 Å². The van der Waals surface area contributed by atoms with Crippen molar-refractivity contribution in [3.63, 3.8) is 0 Å². The molecule has 0 unspecified atom stereocenters. The standard InChI is InChI=1S/C27H27F2NO4/c1-27(2,3)34-24(31)16-30(26(32)25-22(28)13-8-14-23(25)29)20-11-7-10-18(15-20)21-12-6-5-9-19(21)17-33-4/h5-15H,16-17H2,1-4H3. The van der Waals surface area contributed by atoms with E-state index in [0.717, 1.165) is 33.7 Å². The van der Waals surface area contributed by atoms with Crippen LogP contribution in [0.3, 0.4) is 0 Å². The Morgan fingerprint density at radius 2 is 1.56 bits per heavy atom. The van der Waals surface area contributed by atoms with Crippen LogP contribution in [0.5, 0.6) is 0 Å². The van der Waals surface area contributed by atoms with E-state index >= 15 is 0 Å². The number of anilines is 1. The van der Waals surface area contributed by atoms with Crippen molar-refractivity contribution in [2.45, 2.75) is 33.0 Å². The van der Waals surface area contributed by atoms with Crippen LogP contribution in [-0.4, -0.2) is 31.1 Å². The van der Waals surface area contributed by atoms with Crippen molar-refractivity contribution < 1.29 is 27.8 Å². The molecule has 0 radical (unpaired) electrons. The summed E-state index contributed by atoms with van der Waals surface area (Å²) < 4.78 is 39.5. The molecule has 0 aliphatic rings. The van der Waals surface area contributed by atoms with Gasteiger partial charge in [0.15, 0.2) is 0 Å². The molecule has 0 N–H and O–H groups in total. The van der Waals surface area contributed by atoms with E-state index in [1.807, 2.05) is 30.3 Å². The molecule has 0 aliphatic heterocycles. The minimum absolute atomic E-state index is 0.295. The Bertz CT molecular complexity index is 1170. The number of hydrogen-bond donors (Lipinski definition) is 0. The SMILES string of the molecule is COCc1ccccc1-c1cccc(N(CC(=O)OC(C)(C)C)C(=O)c2c(F)cccc2F)c1. The minimum atomic E-state index is -1.01. The number of benzene rings is 3. The smallest absolute Gasteiger partial charge is 0.326 e. The molecule has 34 heavy (non-hydrogen) atoms. The number of carbonyl (C=O) groups excluding carboxylic acids is 2. The number of hydrogen-bond acceptors (Lipinski definition) is 4. The zero-order chi connectivity index (χ0) is 24.9. The lowest BCUT2D eigenvalue weighted by Crippen LogP contribution is -2.39. The molecule has 0 aliphatic carbocycles. The lowest BCUT2D eigenvalue weighted by Gasteiger charge is -2.26. The third kappa shape index (κ3) is 6.05. The van der Waals surface area contributed by atoms with Crippen molar-refractivity contribution in [1.82, 2.24) is 0 Å². The molecule has 7 heteroatoms. The van der Waals surface area contributed by atoms with Gasteiger partial charge in [-0.15, -0.1) is 0 Å². The van der Waals surface area contributed by atoms with Gasteiger partial charge < -0.3 is 9.47 Å². The number of nitrogens with zero attached hydrogens (tertiary/aromatic N) is 1. The number of methoxy groups -OCH3 is 1. The van der Waals surface area contributed by atoms with Crippen LogP contribution in [0.2, 0.25) is 0 Å². The lowest BCUT2D eigenvalue weighted by molar-refractivity contribution is -0.152. The monoisotopic (exact) mass is 467 g/mol. The molecule has 0 atom stereocenters. The van der Waals surface area contributed by atoms with E-state index in [9.17, 15) is 18.4 Å². The minimum Gasteiger partial charge on any atom is -0.459 e. The topological polar surface area (TPSA) is 55.8 Å². The Balaban J connectivity index is 2.07. The highest BCUT2D eigenvalue weighted by Crippen LogP contribution is 2.29. The molecule has 3 rings (SSSR count). The molecule has 0 spiro atoms. The predicted octanol–water partition coefficient (Wildman–Crippen LogP) is 5.77. The van der Waals surface area contributed by atoms with E-state index in [2.05, 4.69) is 0 Å². The predicted molar refractivity (Wildman–Crippen MR) is 126 cm³/mol. The molecule has 0 bridgehead atoms. The first kappa shape index (κ1) is 25.1. The normalized spacial score (nSPS) is 11.2. The maximum Gasteiger partial charge on any atom is 0.326 e. The van der Waals surface area contributed by atoms with Gasteiger partial charge in [-0.25, -0.2) is 8.78 Å². The van der Waals surface area contributed by atoms with Crippen LogP contribution in [0, 0.1) is 11.6 Å². The van der Waals surface area contributed by atoms with Crippen LogP contribution in [0.15, 0.2) is 66.7 Å². The van der Waals surface area contributed by atoms with Gasteiger partial charge in [0.2, 0.25) is 0 Å². The molecule has 0 fully saturated rings. The molecular weight excluding hydrogens is 440 g/mol. The first-order chi connectivity index (χ1) is 16.1. The largest absolute Gasteiger partial charge is 0.459 e. The van der Waals surface area contributed by atoms with E-state index < -0.39 is 41.2 Å². The van der Waals surface area contributed by atoms with E-state index in [4.69, 9.17) is 9.47 Å². The maximum atomic E-state index is 14.4. The van der Waals surface area contributed by atoms with E-state index in [1.165, 1.54) is 6.07 Å². The molecule has 0 aromatic heterocycles. The zero-order valence-corrected chi connectivity index (χ0v) is 19.6. The van der Waals surface area contributed by atoms with Gasteiger partial charge in [-0.3, -0.25) is 14.5 Å². The molecule has 3 aromatic carbocycles. The summed E-state index contributed by atoms with van der Waals surface area (Å²) in [5, 5.41) is 0. The van der Waals surface area contributed by atoms with Crippen LogP contribution < -0.4 is 4.90 Å². The summed E-state index contributed by atoms with van der Waals surface area (Å²) in [7, 11) is 1.59. The van der Waals surface area contributed by atoms with Gasteiger partial charge in [0.25, 0.3) is 5.91 Å². The number of amides is 1. The number of halogens is 2. The van der Waals surface area contributed by atoms with Crippen molar-refractivity contribution >= 4 is 17.6 Å². The fraction of sp³-hybridized carbons (Fsp3) is 0.259. The van der Waals surface area contributed by atoms with Gasteiger partial charge in [-0.1, -0.05) is 42.5 Å². The van der Waals surface area contributed by atoms with Gasteiger partial charge in [0, 0.05) is 12.8 Å². The Kier molecular flexibility index (Phi) is 7.79. The Morgan fingerprint density at radius 3 is 2.21 bits per heavy atom. The number of carbonyl (C=O) groups is 2. The van der Waals surface area contributed by atoms with Gasteiger partial charge in [-0.05, 0) is 61.7 Å². The molecule has 1 amide bonds. The number of ether oxygens (including phenoxy) is 2. The van der Waals surface area contributed by atoms with Gasteiger partial charge in [-0.2, -0.15) is 0 Å². The zero-order valence-electron chi connectivity index (χ0n) is 19.6. The van der Waals surface area contributed by atoms with Gasteiger partial charge in [0.05, 0.1) is 6.61 Å². The molecular formula is C27H27F2NO4. The number of rotatable bonds is 7. The summed E-state index contributed by atoms with van der Waals surface area (Å²) in [6, 6.07) is 17.6. The first-order valence-corrected chi connectivity index (χ1v) is 10.8. The second-order valence-electron chi connectivity index (χ2n) is 8.71. The van der Waals surface area contributed by atoms with Crippen molar-refractivity contribution in [1.29, 1.82) is 0 Å². The maximum absolute atomic E-state index is 14.4. The van der Waals surface area contributed by atoms with Crippen molar-refractivity contribution in [3.8, 4) is 11.1 Å². The van der Waals surface area contributed by atoms with E-state index in [-0.39, 0.29) is 0 Å². The highest BCUT2D eigenvalue weighted by molar-refractivity contribution is 6.09. The van der Waals surface area contributed by atoms with Crippen LogP contribution >= 0.6 is 0 Å². The number of esters is 1. The molecule has 3 aromatic rings. The summed E-state index contributed by atoms with van der Waals surface area (Å²) in [4.78, 5) is 27.0. The van der Waals surface area contributed by atoms with Crippen LogP contribution in [0.1, 0.15) is 36.7 Å². The third-order valence-electron chi connectivity index (χ3n) is 4.92. The van der Waals surface area contributed by atoms with E-state index in [1.54, 1.807) is 46.1 Å². The molecule has 0 heterocycles. The average molecular weight is 468 g/mol. The summed E-state index contributed by atoms with van der Waals surface area (Å²) in [6.45, 7) is 4.94. The molecule has 5 nitrogen and oxygen atoms in total. The highest BCUT2D eigenvalue weighted by Gasteiger charge is 2.28. The average Bonchev–Trinajstić information content (AvgIpc) is 2.77.